The Morgan fingerprint density at radius 3 is 2.54 bits per heavy atom. The van der Waals surface area contributed by atoms with Crippen molar-refractivity contribution in [2.75, 3.05) is 14.2 Å². The zero-order valence-corrected chi connectivity index (χ0v) is 19.4. The van der Waals surface area contributed by atoms with E-state index in [0.29, 0.717) is 28.4 Å². The van der Waals surface area contributed by atoms with Crippen LogP contribution in [0.3, 0.4) is 0 Å². The lowest BCUT2D eigenvalue weighted by Crippen LogP contribution is -2.18. The van der Waals surface area contributed by atoms with Gasteiger partial charge < -0.3 is 23.7 Å². The molecule has 0 saturated heterocycles. The first-order valence-electron chi connectivity index (χ1n) is 11.0. The number of ether oxygens (including phenoxy) is 5. The third kappa shape index (κ3) is 4.24. The van der Waals surface area contributed by atoms with E-state index in [1.165, 1.54) is 26.4 Å². The summed E-state index contributed by atoms with van der Waals surface area (Å²) in [6.45, 7) is 1.91. The van der Waals surface area contributed by atoms with Gasteiger partial charge >= 0.3 is 5.97 Å². The number of benzene rings is 3. The number of esters is 1. The topological polar surface area (TPSA) is 80.3 Å². The normalized spacial score (nSPS) is 17.0. The van der Waals surface area contributed by atoms with Crippen LogP contribution >= 0.6 is 0 Å². The number of Topliss-reactive ketones (excluding diaryl/α,β-unsaturated/α-hetero) is 1. The van der Waals surface area contributed by atoms with Crippen LogP contribution in [0.4, 0.5) is 0 Å². The van der Waals surface area contributed by atoms with Crippen molar-refractivity contribution in [3.63, 3.8) is 0 Å². The largest absolute Gasteiger partial charge is 0.493 e. The second-order valence-corrected chi connectivity index (χ2v) is 8.00. The van der Waals surface area contributed by atoms with E-state index in [0.717, 1.165) is 16.9 Å². The molecule has 0 amide bonds. The molecule has 2 aliphatic heterocycles. The average molecular weight is 470 g/mol. The average Bonchev–Trinajstić information content (AvgIpc) is 3.18. The first kappa shape index (κ1) is 22.3. The van der Waals surface area contributed by atoms with E-state index in [1.54, 1.807) is 30.3 Å². The SMILES string of the molecule is COc1ccc(C(=O)Oc2ccc3c(c2)OC(=CC2=Cc4ccccc4O[C@H]2C)C3=O)cc1OC. The molecular weight excluding hydrogens is 448 g/mol. The van der Waals surface area contributed by atoms with Crippen LogP contribution in [-0.4, -0.2) is 32.1 Å². The Balaban J connectivity index is 1.36. The smallest absolute Gasteiger partial charge is 0.343 e. The first-order valence-corrected chi connectivity index (χ1v) is 11.0. The molecule has 0 spiro atoms. The summed E-state index contributed by atoms with van der Waals surface area (Å²) in [6, 6.07) is 17.1. The number of fused-ring (bicyclic) bond motifs is 2. The minimum Gasteiger partial charge on any atom is -0.493 e. The molecule has 3 aromatic carbocycles. The summed E-state index contributed by atoms with van der Waals surface area (Å²) in [5.74, 6) is 1.65. The van der Waals surface area contributed by atoms with Gasteiger partial charge in [0, 0.05) is 11.6 Å². The van der Waals surface area contributed by atoms with Crippen LogP contribution in [0.1, 0.15) is 33.2 Å². The summed E-state index contributed by atoms with van der Waals surface area (Å²) >= 11 is 0. The fourth-order valence-electron chi connectivity index (χ4n) is 3.93. The minimum absolute atomic E-state index is 0.185. The van der Waals surface area contributed by atoms with Crippen molar-refractivity contribution in [2.24, 2.45) is 0 Å². The molecule has 35 heavy (non-hydrogen) atoms. The van der Waals surface area contributed by atoms with E-state index in [-0.39, 0.29) is 23.4 Å². The molecule has 3 aromatic rings. The molecule has 0 aliphatic carbocycles. The molecule has 0 fully saturated rings. The third-order valence-corrected chi connectivity index (χ3v) is 5.78. The summed E-state index contributed by atoms with van der Waals surface area (Å²) in [4.78, 5) is 25.6. The maximum atomic E-state index is 12.9. The summed E-state index contributed by atoms with van der Waals surface area (Å²) in [6.07, 6.45) is 3.43. The molecule has 5 rings (SSSR count). The van der Waals surface area contributed by atoms with E-state index >= 15 is 0 Å². The number of hydrogen-bond acceptors (Lipinski definition) is 7. The van der Waals surface area contributed by atoms with E-state index < -0.39 is 5.97 Å². The van der Waals surface area contributed by atoms with Crippen LogP contribution in [0, 0.1) is 0 Å². The number of ketones is 1. The van der Waals surface area contributed by atoms with Crippen molar-refractivity contribution in [1.82, 2.24) is 0 Å². The first-order chi connectivity index (χ1) is 17.0. The summed E-state index contributed by atoms with van der Waals surface area (Å²) < 4.78 is 27.7. The maximum Gasteiger partial charge on any atom is 0.343 e. The van der Waals surface area contributed by atoms with Crippen LogP contribution in [0.15, 0.2) is 78.1 Å². The van der Waals surface area contributed by atoms with Crippen LogP contribution in [0.25, 0.3) is 6.08 Å². The molecule has 2 heterocycles. The van der Waals surface area contributed by atoms with Crippen molar-refractivity contribution >= 4 is 17.8 Å². The second kappa shape index (κ2) is 9.02. The fraction of sp³-hybridized carbons (Fsp3) is 0.143. The lowest BCUT2D eigenvalue weighted by Gasteiger charge is -2.22. The fourth-order valence-corrected chi connectivity index (χ4v) is 3.93. The number of carbonyl (C=O) groups is 2. The van der Waals surface area contributed by atoms with Gasteiger partial charge in [-0.05, 0) is 61.0 Å². The molecule has 0 unspecified atom stereocenters. The quantitative estimate of drug-likeness (QED) is 0.286. The molecule has 0 N–H and O–H groups in total. The predicted octanol–water partition coefficient (Wildman–Crippen LogP) is 5.25. The Morgan fingerprint density at radius 2 is 1.74 bits per heavy atom. The van der Waals surface area contributed by atoms with Gasteiger partial charge in [0.2, 0.25) is 5.78 Å². The van der Waals surface area contributed by atoms with Gasteiger partial charge in [-0.2, -0.15) is 0 Å². The number of allylic oxidation sites excluding steroid dienone is 1. The standard InChI is InChI=1S/C28H22O7/c1-16-19(12-17-6-4-5-7-22(17)33-16)14-26-27(29)21-10-9-20(15-24(21)35-26)34-28(30)18-8-11-23(31-2)25(13-18)32-3/h4-16H,1-3H3/t16-/m0/s1. The van der Waals surface area contributed by atoms with Crippen molar-refractivity contribution < 1.29 is 33.3 Å². The zero-order valence-electron chi connectivity index (χ0n) is 19.4. The van der Waals surface area contributed by atoms with Crippen LogP contribution < -0.4 is 23.7 Å². The van der Waals surface area contributed by atoms with Gasteiger partial charge in [-0.25, -0.2) is 4.79 Å². The Labute approximate surface area is 202 Å². The van der Waals surface area contributed by atoms with Crippen LogP contribution in [0.5, 0.6) is 28.7 Å². The van der Waals surface area contributed by atoms with E-state index in [2.05, 4.69) is 0 Å². The van der Waals surface area contributed by atoms with Gasteiger partial charge in [-0.3, -0.25) is 4.79 Å². The number of rotatable bonds is 5. The van der Waals surface area contributed by atoms with Gasteiger partial charge in [0.05, 0.1) is 25.3 Å². The minimum atomic E-state index is -0.581. The number of hydrogen-bond donors (Lipinski definition) is 0. The molecule has 7 heteroatoms. The molecule has 0 aromatic heterocycles. The molecule has 1 atom stereocenters. The number of methoxy groups -OCH3 is 2. The van der Waals surface area contributed by atoms with Crippen molar-refractivity contribution in [1.29, 1.82) is 0 Å². The van der Waals surface area contributed by atoms with Crippen molar-refractivity contribution in [2.45, 2.75) is 13.0 Å². The zero-order chi connectivity index (χ0) is 24.5. The van der Waals surface area contributed by atoms with E-state index in [9.17, 15) is 9.59 Å². The second-order valence-electron chi connectivity index (χ2n) is 8.00. The molecular formula is C28H22O7. The molecule has 176 valence electrons. The van der Waals surface area contributed by atoms with Crippen molar-refractivity contribution in [3.8, 4) is 28.7 Å². The Bertz CT molecular complexity index is 1400. The highest BCUT2D eigenvalue weighted by atomic mass is 16.5. The van der Waals surface area contributed by atoms with Crippen molar-refractivity contribution in [3.05, 3.63) is 94.8 Å². The Morgan fingerprint density at radius 1 is 0.943 bits per heavy atom. The molecule has 0 bridgehead atoms. The summed E-state index contributed by atoms with van der Waals surface area (Å²) in [7, 11) is 3.00. The third-order valence-electron chi connectivity index (χ3n) is 5.78. The van der Waals surface area contributed by atoms with Gasteiger partial charge in [0.25, 0.3) is 0 Å². The molecule has 0 radical (unpaired) electrons. The van der Waals surface area contributed by atoms with Gasteiger partial charge in [-0.1, -0.05) is 18.2 Å². The lowest BCUT2D eigenvalue weighted by molar-refractivity contribution is 0.0734. The predicted molar refractivity (Wildman–Crippen MR) is 128 cm³/mol. The Kier molecular flexibility index (Phi) is 5.74. The van der Waals surface area contributed by atoms with Gasteiger partial charge in [-0.15, -0.1) is 0 Å². The maximum absolute atomic E-state index is 12.9. The number of carbonyl (C=O) groups excluding carboxylic acids is 2. The summed E-state index contributed by atoms with van der Waals surface area (Å²) in [5, 5.41) is 0. The van der Waals surface area contributed by atoms with E-state index in [4.69, 9.17) is 23.7 Å². The van der Waals surface area contributed by atoms with Crippen LogP contribution in [-0.2, 0) is 0 Å². The Hall–Kier alpha value is -4.52. The highest BCUT2D eigenvalue weighted by molar-refractivity contribution is 6.12. The van der Waals surface area contributed by atoms with Gasteiger partial charge in [0.15, 0.2) is 17.3 Å². The monoisotopic (exact) mass is 470 g/mol. The summed E-state index contributed by atoms with van der Waals surface area (Å²) in [5.41, 5.74) is 2.44. The van der Waals surface area contributed by atoms with Crippen LogP contribution in [0.2, 0.25) is 0 Å². The lowest BCUT2D eigenvalue weighted by atomic mass is 10.0. The highest BCUT2D eigenvalue weighted by Crippen LogP contribution is 2.37. The van der Waals surface area contributed by atoms with E-state index in [1.807, 2.05) is 37.3 Å². The van der Waals surface area contributed by atoms with Gasteiger partial charge in [0.1, 0.15) is 23.4 Å². The number of para-hydroxylation sites is 1. The molecule has 0 saturated carbocycles. The molecule has 2 aliphatic rings. The molecule has 7 nitrogen and oxygen atoms in total. The highest BCUT2D eigenvalue weighted by Gasteiger charge is 2.29.